The van der Waals surface area contributed by atoms with E-state index < -0.39 is 11.9 Å². The van der Waals surface area contributed by atoms with Crippen LogP contribution < -0.4 is 14.9 Å². The predicted molar refractivity (Wildman–Crippen MR) is 111 cm³/mol. The Bertz CT molecular complexity index is 1380. The summed E-state index contributed by atoms with van der Waals surface area (Å²) < 4.78 is 18.1. The van der Waals surface area contributed by atoms with Crippen LogP contribution in [-0.4, -0.2) is 28.0 Å². The number of hydrogen-bond donors (Lipinski definition) is 1. The van der Waals surface area contributed by atoms with Crippen molar-refractivity contribution in [3.63, 3.8) is 0 Å². The maximum Gasteiger partial charge on any atom is 0.312 e. The fourth-order valence-corrected chi connectivity index (χ4v) is 4.08. The molecule has 1 N–H and O–H groups in total. The van der Waals surface area contributed by atoms with Gasteiger partial charge in [0, 0.05) is 36.5 Å². The zero-order valence-electron chi connectivity index (χ0n) is 16.8. The minimum absolute atomic E-state index is 0.0391. The number of esters is 1. The number of methoxy groups -OCH3 is 1. The molecule has 2 aromatic carbocycles. The number of carbonyl (C=O) groups excluding carboxylic acids is 1. The van der Waals surface area contributed by atoms with Crippen molar-refractivity contribution < 1.29 is 23.8 Å². The van der Waals surface area contributed by atoms with Gasteiger partial charge in [0.2, 0.25) is 5.43 Å². The van der Waals surface area contributed by atoms with E-state index in [1.807, 2.05) is 0 Å². The van der Waals surface area contributed by atoms with Gasteiger partial charge in [-0.05, 0) is 23.8 Å². The molecule has 0 aliphatic carbocycles. The Morgan fingerprint density at radius 2 is 1.97 bits per heavy atom. The Labute approximate surface area is 176 Å². The highest BCUT2D eigenvalue weighted by Crippen LogP contribution is 2.45. The first kappa shape index (κ1) is 18.9. The first-order chi connectivity index (χ1) is 15.0. The smallest absolute Gasteiger partial charge is 0.312 e. The summed E-state index contributed by atoms with van der Waals surface area (Å²) in [7, 11) is 3.33. The van der Waals surface area contributed by atoms with Gasteiger partial charge in [-0.15, -0.1) is 0 Å². The van der Waals surface area contributed by atoms with Crippen molar-refractivity contribution in [3.8, 4) is 28.4 Å². The fourth-order valence-electron chi connectivity index (χ4n) is 4.08. The van der Waals surface area contributed by atoms with Crippen LogP contribution in [0.15, 0.2) is 58.1 Å². The third-order valence-corrected chi connectivity index (χ3v) is 5.59. The van der Waals surface area contributed by atoms with Gasteiger partial charge in [0.25, 0.3) is 0 Å². The molecule has 31 heavy (non-hydrogen) atoms. The van der Waals surface area contributed by atoms with E-state index in [-0.39, 0.29) is 34.3 Å². The number of phenolic OH excluding ortho intramolecular Hbond substituents is 1. The Morgan fingerprint density at radius 1 is 1.19 bits per heavy atom. The van der Waals surface area contributed by atoms with E-state index in [9.17, 15) is 14.7 Å². The topological polar surface area (TPSA) is 104 Å². The number of benzene rings is 2. The molecule has 0 saturated heterocycles. The van der Waals surface area contributed by atoms with Gasteiger partial charge in [-0.2, -0.15) is 5.10 Å². The van der Waals surface area contributed by atoms with Crippen LogP contribution in [0.25, 0.3) is 22.1 Å². The van der Waals surface area contributed by atoms with E-state index >= 15 is 0 Å². The average Bonchev–Trinajstić information content (AvgIpc) is 3.19. The molecule has 156 valence electrons. The molecule has 0 unspecified atom stereocenters. The summed E-state index contributed by atoms with van der Waals surface area (Å²) in [4.78, 5) is 25.6. The minimum atomic E-state index is -0.436. The van der Waals surface area contributed by atoms with Crippen LogP contribution in [0.1, 0.15) is 23.6 Å². The molecular formula is C23H18N2O6. The van der Waals surface area contributed by atoms with E-state index in [1.54, 1.807) is 55.4 Å². The van der Waals surface area contributed by atoms with Crippen molar-refractivity contribution in [3.05, 3.63) is 70.3 Å². The van der Waals surface area contributed by atoms with E-state index in [0.29, 0.717) is 22.4 Å². The molecular weight excluding hydrogens is 400 g/mol. The second-order valence-electron chi connectivity index (χ2n) is 7.33. The molecule has 8 heteroatoms. The van der Waals surface area contributed by atoms with Crippen molar-refractivity contribution in [2.24, 2.45) is 7.05 Å². The van der Waals surface area contributed by atoms with Crippen LogP contribution >= 0.6 is 0 Å². The maximum absolute atomic E-state index is 13.3. The predicted octanol–water partition coefficient (Wildman–Crippen LogP) is 3.35. The van der Waals surface area contributed by atoms with Gasteiger partial charge in [0.05, 0.1) is 19.1 Å². The standard InChI is InChI=1S/C23H18N2O6/c1-25-16(7-8-24-25)14-9-19(27)31-18-10-17(26)21-22(28)15(11-30-23(21)20(14)18)12-3-5-13(29-2)6-4-12/h3-8,10-11,14,26H,9H2,1-2H3/t14-/m1/s1. The van der Waals surface area contributed by atoms with Gasteiger partial charge in [-0.3, -0.25) is 14.3 Å². The normalized spacial score (nSPS) is 15.5. The lowest BCUT2D eigenvalue weighted by atomic mass is 9.87. The van der Waals surface area contributed by atoms with Crippen LogP contribution in [0.4, 0.5) is 0 Å². The van der Waals surface area contributed by atoms with Crippen molar-refractivity contribution in [1.82, 2.24) is 9.78 Å². The van der Waals surface area contributed by atoms with Gasteiger partial charge in [0.1, 0.15) is 34.5 Å². The van der Waals surface area contributed by atoms with Gasteiger partial charge in [-0.1, -0.05) is 12.1 Å². The lowest BCUT2D eigenvalue weighted by Gasteiger charge is -2.25. The number of fused-ring (bicyclic) bond motifs is 3. The largest absolute Gasteiger partial charge is 0.507 e. The summed E-state index contributed by atoms with van der Waals surface area (Å²) in [6.45, 7) is 0. The summed E-state index contributed by atoms with van der Waals surface area (Å²) >= 11 is 0. The number of rotatable bonds is 3. The monoisotopic (exact) mass is 418 g/mol. The van der Waals surface area contributed by atoms with Crippen molar-refractivity contribution in [1.29, 1.82) is 0 Å². The molecule has 0 amide bonds. The Kier molecular flexibility index (Phi) is 4.28. The first-order valence-electron chi connectivity index (χ1n) is 9.62. The Balaban J connectivity index is 1.76. The third-order valence-electron chi connectivity index (χ3n) is 5.59. The molecule has 0 fully saturated rings. The SMILES string of the molecule is COc1ccc(-c2coc3c4c(cc(O)c3c2=O)OC(=O)C[C@@H]4c2ccnn2C)cc1. The lowest BCUT2D eigenvalue weighted by Crippen LogP contribution is -2.23. The van der Waals surface area contributed by atoms with Crippen LogP contribution in [-0.2, 0) is 11.8 Å². The van der Waals surface area contributed by atoms with Crippen LogP contribution in [0, 0.1) is 0 Å². The van der Waals surface area contributed by atoms with E-state index in [4.69, 9.17) is 13.9 Å². The minimum Gasteiger partial charge on any atom is -0.507 e. The zero-order valence-corrected chi connectivity index (χ0v) is 16.8. The maximum atomic E-state index is 13.3. The number of phenols is 1. The number of aryl methyl sites for hydroxylation is 1. The fraction of sp³-hybridized carbons (Fsp3) is 0.174. The molecule has 2 aromatic heterocycles. The zero-order chi connectivity index (χ0) is 21.7. The molecule has 1 atom stereocenters. The summed E-state index contributed by atoms with van der Waals surface area (Å²) in [5.74, 6) is -0.340. The number of hydrogen-bond acceptors (Lipinski definition) is 7. The van der Waals surface area contributed by atoms with Crippen molar-refractivity contribution in [2.75, 3.05) is 7.11 Å². The van der Waals surface area contributed by atoms with E-state index in [0.717, 1.165) is 5.69 Å². The number of aromatic hydroxyl groups is 1. The highest BCUT2D eigenvalue weighted by atomic mass is 16.5. The molecule has 4 aromatic rings. The molecule has 1 aliphatic heterocycles. The number of aromatic nitrogens is 2. The number of ether oxygens (including phenoxy) is 2. The highest BCUT2D eigenvalue weighted by molar-refractivity contribution is 5.94. The van der Waals surface area contributed by atoms with Gasteiger partial charge in [-0.25, -0.2) is 0 Å². The second kappa shape index (κ2) is 7.02. The van der Waals surface area contributed by atoms with Crippen LogP contribution in [0.3, 0.4) is 0 Å². The van der Waals surface area contributed by atoms with Crippen molar-refractivity contribution >= 4 is 16.9 Å². The summed E-state index contributed by atoms with van der Waals surface area (Å²) in [6.07, 6.45) is 3.06. The third kappa shape index (κ3) is 2.95. The van der Waals surface area contributed by atoms with Gasteiger partial charge in [0.15, 0.2) is 0 Å². The quantitative estimate of drug-likeness (QED) is 0.402. The molecule has 0 spiro atoms. The van der Waals surface area contributed by atoms with Crippen LogP contribution in [0.5, 0.6) is 17.2 Å². The summed E-state index contributed by atoms with van der Waals surface area (Å²) in [5.41, 5.74) is 2.04. The van der Waals surface area contributed by atoms with E-state index in [2.05, 4.69) is 5.10 Å². The summed E-state index contributed by atoms with van der Waals surface area (Å²) in [6, 6.07) is 10.1. The molecule has 8 nitrogen and oxygen atoms in total. The molecule has 5 rings (SSSR count). The summed E-state index contributed by atoms with van der Waals surface area (Å²) in [5, 5.41) is 14.9. The lowest BCUT2D eigenvalue weighted by molar-refractivity contribution is -0.135. The highest BCUT2D eigenvalue weighted by Gasteiger charge is 2.35. The first-order valence-corrected chi connectivity index (χ1v) is 9.62. The molecule has 0 bridgehead atoms. The molecule has 0 radical (unpaired) electrons. The van der Waals surface area contributed by atoms with Crippen molar-refractivity contribution in [2.45, 2.75) is 12.3 Å². The average molecular weight is 418 g/mol. The number of carbonyl (C=O) groups is 1. The van der Waals surface area contributed by atoms with Gasteiger partial charge < -0.3 is 19.0 Å². The Morgan fingerprint density at radius 3 is 2.65 bits per heavy atom. The van der Waals surface area contributed by atoms with E-state index in [1.165, 1.54) is 12.3 Å². The van der Waals surface area contributed by atoms with Gasteiger partial charge >= 0.3 is 5.97 Å². The molecule has 1 aliphatic rings. The molecule has 0 saturated carbocycles. The second-order valence-corrected chi connectivity index (χ2v) is 7.33. The number of nitrogens with zero attached hydrogens (tertiary/aromatic N) is 2. The van der Waals surface area contributed by atoms with Crippen LogP contribution in [0.2, 0.25) is 0 Å². The Hall–Kier alpha value is -4.07. The molecule has 3 heterocycles.